The van der Waals surface area contributed by atoms with Crippen molar-refractivity contribution >= 4 is 23.5 Å². The molecule has 3 rings (SSSR count). The van der Waals surface area contributed by atoms with E-state index in [1.54, 1.807) is 11.1 Å². The van der Waals surface area contributed by atoms with Crippen LogP contribution in [0.1, 0.15) is 58.8 Å². The molecule has 2 aliphatic carbocycles. The monoisotopic (exact) mass is 334 g/mol. The van der Waals surface area contributed by atoms with E-state index in [1.807, 2.05) is 5.57 Å². The molecule has 0 amide bonds. The second-order valence-corrected chi connectivity index (χ2v) is 9.93. The molecular weight excluding hydrogens is 304 g/mol. The van der Waals surface area contributed by atoms with Gasteiger partial charge in [0, 0.05) is 11.5 Å². The van der Waals surface area contributed by atoms with Crippen LogP contribution in [0.15, 0.2) is 34.9 Å². The summed E-state index contributed by atoms with van der Waals surface area (Å²) in [5, 5.41) is 0. The van der Waals surface area contributed by atoms with E-state index in [4.69, 9.17) is 0 Å². The molecule has 2 atom stereocenters. The zero-order chi connectivity index (χ0) is 15.4. The van der Waals surface area contributed by atoms with Gasteiger partial charge < -0.3 is 0 Å². The van der Waals surface area contributed by atoms with Crippen LogP contribution in [-0.4, -0.2) is 16.1 Å². The lowest BCUT2D eigenvalue weighted by Crippen LogP contribution is -2.21. The average Bonchev–Trinajstić information content (AvgIpc) is 3.02. The topological polar surface area (TPSA) is 0 Å². The molecule has 0 spiro atoms. The molecule has 22 heavy (non-hydrogen) atoms. The van der Waals surface area contributed by atoms with E-state index in [0.29, 0.717) is 0 Å². The third-order valence-electron chi connectivity index (χ3n) is 5.47. The number of hydrogen-bond acceptors (Lipinski definition) is 2. The maximum atomic E-state index is 2.56. The molecule has 1 saturated carbocycles. The van der Waals surface area contributed by atoms with Gasteiger partial charge in [0.25, 0.3) is 0 Å². The maximum absolute atomic E-state index is 2.56. The molecule has 0 aromatic carbocycles. The van der Waals surface area contributed by atoms with Crippen LogP contribution in [0.3, 0.4) is 0 Å². The van der Waals surface area contributed by atoms with E-state index < -0.39 is 0 Å². The van der Waals surface area contributed by atoms with Gasteiger partial charge in [0.15, 0.2) is 0 Å². The Balaban J connectivity index is 1.85. The van der Waals surface area contributed by atoms with Crippen molar-refractivity contribution in [3.05, 3.63) is 34.9 Å². The largest absolute Gasteiger partial charge is 0.146 e. The number of rotatable bonds is 4. The summed E-state index contributed by atoms with van der Waals surface area (Å²) in [4.78, 5) is 0. The van der Waals surface area contributed by atoms with Crippen LogP contribution in [0, 0.1) is 11.8 Å². The van der Waals surface area contributed by atoms with Gasteiger partial charge in [-0.2, -0.15) is 0 Å². The second-order valence-electron chi connectivity index (χ2n) is 7.01. The molecule has 2 unspecified atom stereocenters. The first kappa shape index (κ1) is 16.8. The lowest BCUT2D eigenvalue weighted by molar-refractivity contribution is 0.285. The molecule has 2 heteroatoms. The zero-order valence-corrected chi connectivity index (χ0v) is 15.8. The molecule has 2 fully saturated rings. The quantitative estimate of drug-likeness (QED) is 0.568. The molecule has 0 nitrogen and oxygen atoms in total. The van der Waals surface area contributed by atoms with Crippen molar-refractivity contribution in [2.75, 3.05) is 11.5 Å². The van der Waals surface area contributed by atoms with Gasteiger partial charge in [0.2, 0.25) is 0 Å². The minimum Gasteiger partial charge on any atom is -0.146 e. The highest BCUT2D eigenvalue weighted by Crippen LogP contribution is 2.44. The summed E-state index contributed by atoms with van der Waals surface area (Å²) in [6, 6.07) is 0. The van der Waals surface area contributed by atoms with E-state index in [0.717, 1.165) is 16.4 Å². The summed E-state index contributed by atoms with van der Waals surface area (Å²) in [6.07, 6.45) is 16.8. The van der Waals surface area contributed by atoms with Gasteiger partial charge in [-0.15, -0.1) is 23.5 Å². The Morgan fingerprint density at radius 2 is 1.91 bits per heavy atom. The predicted molar refractivity (Wildman–Crippen MR) is 104 cm³/mol. The Morgan fingerprint density at radius 1 is 1.14 bits per heavy atom. The van der Waals surface area contributed by atoms with Gasteiger partial charge in [0.1, 0.15) is 0 Å². The van der Waals surface area contributed by atoms with Gasteiger partial charge >= 0.3 is 0 Å². The molecule has 122 valence electrons. The molecule has 0 N–H and O–H groups in total. The minimum absolute atomic E-state index is 0.810. The van der Waals surface area contributed by atoms with Crippen molar-refractivity contribution in [3.63, 3.8) is 0 Å². The summed E-state index contributed by atoms with van der Waals surface area (Å²) in [7, 11) is 0. The van der Waals surface area contributed by atoms with Gasteiger partial charge in [0.05, 0.1) is 4.58 Å². The number of allylic oxidation sites excluding steroid dienone is 6. The Hall–Kier alpha value is -0.0800. The van der Waals surface area contributed by atoms with Gasteiger partial charge in [-0.25, -0.2) is 0 Å². The first-order chi connectivity index (χ1) is 10.8. The van der Waals surface area contributed by atoms with Gasteiger partial charge in [-0.3, -0.25) is 0 Å². The van der Waals surface area contributed by atoms with E-state index in [9.17, 15) is 0 Å². The summed E-state index contributed by atoms with van der Waals surface area (Å²) in [5.41, 5.74) is 5.11. The van der Waals surface area contributed by atoms with Gasteiger partial charge in [-0.1, -0.05) is 50.0 Å². The van der Waals surface area contributed by atoms with Crippen LogP contribution in [-0.2, 0) is 0 Å². The van der Waals surface area contributed by atoms with E-state index >= 15 is 0 Å². The molecule has 0 radical (unpaired) electrons. The first-order valence-corrected chi connectivity index (χ1v) is 11.2. The summed E-state index contributed by atoms with van der Waals surface area (Å²) < 4.78 is 0.810. The van der Waals surface area contributed by atoms with E-state index in [1.165, 1.54) is 56.5 Å². The third-order valence-corrected chi connectivity index (χ3v) is 8.50. The Labute approximate surface area is 145 Å². The highest BCUT2D eigenvalue weighted by atomic mass is 32.2. The summed E-state index contributed by atoms with van der Waals surface area (Å²) in [6.45, 7) is 4.64. The Kier molecular flexibility index (Phi) is 6.21. The normalized spacial score (nSPS) is 31.1. The first-order valence-electron chi connectivity index (χ1n) is 9.06. The van der Waals surface area contributed by atoms with Crippen LogP contribution in [0.4, 0.5) is 0 Å². The van der Waals surface area contributed by atoms with Crippen LogP contribution in [0.2, 0.25) is 0 Å². The molecule has 1 heterocycles. The standard InChI is InChI=1S/C20H30S2/c1-3-6-16-9-10-19(18-8-5-4-7-15(18)2)17(13-16)14-20-21-11-12-22-20/h3,6,13,15,18,20H,4-5,7-12,14H2,1-2H3/b6-3-. The van der Waals surface area contributed by atoms with Crippen molar-refractivity contribution in [1.82, 2.24) is 0 Å². The van der Waals surface area contributed by atoms with Crippen molar-refractivity contribution in [3.8, 4) is 0 Å². The number of thioether (sulfide) groups is 2. The van der Waals surface area contributed by atoms with Crippen molar-refractivity contribution < 1.29 is 0 Å². The van der Waals surface area contributed by atoms with Crippen molar-refractivity contribution in [2.24, 2.45) is 11.8 Å². The molecule has 0 aromatic rings. The highest BCUT2D eigenvalue weighted by molar-refractivity contribution is 8.20. The Bertz CT molecular complexity index is 466. The van der Waals surface area contributed by atoms with Gasteiger partial charge in [-0.05, 0) is 55.6 Å². The molecule has 0 aromatic heterocycles. The van der Waals surface area contributed by atoms with Crippen LogP contribution in [0.5, 0.6) is 0 Å². The molecule has 1 aliphatic heterocycles. The molecular formula is C20H30S2. The predicted octanol–water partition coefficient (Wildman–Crippen LogP) is 6.60. The highest BCUT2D eigenvalue weighted by Gasteiger charge is 2.29. The van der Waals surface area contributed by atoms with Crippen LogP contribution < -0.4 is 0 Å². The lowest BCUT2D eigenvalue weighted by atomic mass is 9.71. The SMILES string of the molecule is C/C=C\C1=CC(CC2SCCS2)=C(C2CCCCC2C)CC1. The van der Waals surface area contributed by atoms with Crippen molar-refractivity contribution in [2.45, 2.75) is 63.4 Å². The summed E-state index contributed by atoms with van der Waals surface area (Å²) in [5.74, 6) is 4.48. The number of hydrogen-bond donors (Lipinski definition) is 0. The second kappa shape index (κ2) is 8.15. The van der Waals surface area contributed by atoms with Crippen LogP contribution in [0.25, 0.3) is 0 Å². The fourth-order valence-electron chi connectivity index (χ4n) is 4.33. The summed E-state index contributed by atoms with van der Waals surface area (Å²) >= 11 is 4.36. The van der Waals surface area contributed by atoms with Crippen LogP contribution >= 0.6 is 23.5 Å². The molecule has 3 aliphatic rings. The zero-order valence-electron chi connectivity index (χ0n) is 14.1. The minimum atomic E-state index is 0.810. The average molecular weight is 335 g/mol. The fraction of sp³-hybridized carbons (Fsp3) is 0.700. The molecule has 0 bridgehead atoms. The Morgan fingerprint density at radius 3 is 2.64 bits per heavy atom. The van der Waals surface area contributed by atoms with E-state index in [-0.39, 0.29) is 0 Å². The van der Waals surface area contributed by atoms with Crippen molar-refractivity contribution in [1.29, 1.82) is 0 Å². The lowest BCUT2D eigenvalue weighted by Gasteiger charge is -2.34. The fourth-order valence-corrected chi connectivity index (χ4v) is 7.18. The third kappa shape index (κ3) is 4.06. The maximum Gasteiger partial charge on any atom is 0.0543 e. The molecule has 1 saturated heterocycles. The smallest absolute Gasteiger partial charge is 0.0543 e. The van der Waals surface area contributed by atoms with E-state index in [2.05, 4.69) is 55.6 Å².